The number of carbonyl (C=O) groups excluding carboxylic acids is 1. The highest BCUT2D eigenvalue weighted by molar-refractivity contribution is 7.10. The molecule has 0 aliphatic carbocycles. The third-order valence-electron chi connectivity index (χ3n) is 6.82. The summed E-state index contributed by atoms with van der Waals surface area (Å²) >= 11 is 1.69. The first-order valence-corrected chi connectivity index (χ1v) is 16.5. The minimum atomic E-state index is 0.0881. The second kappa shape index (κ2) is 21.2. The first kappa shape index (κ1) is 36.5. The standard InChI is InChI=1S/C30H42N4OS.C3H8.C2H6/c1-6-9-10-11-26(7-2)30-31-28(23-36-30)22-33-18-16-32(17-19-33)20-21-34(29(35)8-3)25(5)27-14-12-24(4)13-15-27;1-3-2;1-2/h7,9-15,23,25H,2,6,8,16-22H2,1,3-5H3;3H2,1-2H3;1-2H3/b10-9-,26-11+;;. The predicted molar refractivity (Wildman–Crippen MR) is 180 cm³/mol. The molecular formula is C35H56N4OS. The highest BCUT2D eigenvalue weighted by atomic mass is 32.1. The SMILES string of the molecule is C=C/C(=C\C=C/CC)c1nc(CN2CCN(CCN(C(=O)CC)C(C)c3ccc(C)cc3)CC2)cs1.CC.CCC. The highest BCUT2D eigenvalue weighted by Crippen LogP contribution is 2.23. The van der Waals surface area contributed by atoms with Crippen LogP contribution in [0.25, 0.3) is 5.57 Å². The van der Waals surface area contributed by atoms with E-state index in [-0.39, 0.29) is 11.9 Å². The first-order valence-electron chi connectivity index (χ1n) is 15.6. The van der Waals surface area contributed by atoms with Crippen LogP contribution in [0.2, 0.25) is 0 Å². The number of carbonyl (C=O) groups is 1. The van der Waals surface area contributed by atoms with Gasteiger partial charge in [-0.3, -0.25) is 14.6 Å². The van der Waals surface area contributed by atoms with Crippen molar-refractivity contribution in [3.05, 3.63) is 82.4 Å². The second-order valence-corrected chi connectivity index (χ2v) is 11.0. The molecule has 0 spiro atoms. The fourth-order valence-corrected chi connectivity index (χ4v) is 5.29. The van der Waals surface area contributed by atoms with Crippen LogP contribution in [0.1, 0.15) is 95.6 Å². The number of benzene rings is 1. The van der Waals surface area contributed by atoms with Crippen LogP contribution in [-0.4, -0.2) is 64.9 Å². The van der Waals surface area contributed by atoms with Gasteiger partial charge in [-0.25, -0.2) is 4.98 Å². The zero-order valence-corrected chi connectivity index (χ0v) is 28.0. The molecule has 1 aliphatic rings. The van der Waals surface area contributed by atoms with Crippen LogP contribution in [0.15, 0.2) is 60.5 Å². The molecular weight excluding hydrogens is 524 g/mol. The van der Waals surface area contributed by atoms with E-state index in [1.54, 1.807) is 11.3 Å². The Bertz CT molecular complexity index is 1050. The quantitative estimate of drug-likeness (QED) is 0.236. The number of thiazole rings is 1. The van der Waals surface area contributed by atoms with Crippen molar-refractivity contribution in [3.63, 3.8) is 0 Å². The normalized spacial score (nSPS) is 15.0. The van der Waals surface area contributed by atoms with E-state index in [4.69, 9.17) is 4.98 Å². The average molecular weight is 581 g/mol. The maximum Gasteiger partial charge on any atom is 0.222 e. The maximum atomic E-state index is 12.7. The van der Waals surface area contributed by atoms with Crippen LogP contribution < -0.4 is 0 Å². The summed E-state index contributed by atoms with van der Waals surface area (Å²) in [6.07, 6.45) is 11.0. The Balaban J connectivity index is 0.00000157. The molecule has 1 saturated heterocycles. The number of rotatable bonds is 12. The van der Waals surface area contributed by atoms with Gasteiger partial charge in [-0.05, 0) is 25.8 Å². The lowest BCUT2D eigenvalue weighted by atomic mass is 10.0. The Morgan fingerprint density at radius 1 is 1.07 bits per heavy atom. The molecule has 1 amide bonds. The Morgan fingerprint density at radius 3 is 2.24 bits per heavy atom. The average Bonchev–Trinajstić information content (AvgIpc) is 3.46. The maximum absolute atomic E-state index is 12.7. The third-order valence-corrected chi connectivity index (χ3v) is 7.76. The number of aromatic nitrogens is 1. The molecule has 41 heavy (non-hydrogen) atoms. The van der Waals surface area contributed by atoms with Crippen molar-refractivity contribution in [3.8, 4) is 0 Å². The van der Waals surface area contributed by atoms with Crippen molar-refractivity contribution < 1.29 is 4.79 Å². The van der Waals surface area contributed by atoms with E-state index in [0.717, 1.165) is 68.5 Å². The Kier molecular flexibility index (Phi) is 18.9. The Hall–Kier alpha value is -2.54. The molecule has 1 aliphatic heterocycles. The van der Waals surface area contributed by atoms with Crippen LogP contribution in [-0.2, 0) is 11.3 Å². The summed E-state index contributed by atoms with van der Waals surface area (Å²) in [4.78, 5) is 24.6. The van der Waals surface area contributed by atoms with Crippen molar-refractivity contribution in [1.29, 1.82) is 0 Å². The summed E-state index contributed by atoms with van der Waals surface area (Å²) in [6, 6.07) is 8.64. The lowest BCUT2D eigenvalue weighted by molar-refractivity contribution is -0.133. The summed E-state index contributed by atoms with van der Waals surface area (Å²) in [6.45, 7) is 27.2. The van der Waals surface area contributed by atoms with Gasteiger partial charge in [0.25, 0.3) is 0 Å². The summed E-state index contributed by atoms with van der Waals surface area (Å²) in [7, 11) is 0. The topological polar surface area (TPSA) is 39.7 Å². The van der Waals surface area contributed by atoms with E-state index in [0.29, 0.717) is 6.42 Å². The molecule has 1 atom stereocenters. The molecule has 0 radical (unpaired) electrons. The van der Waals surface area contributed by atoms with Crippen molar-refractivity contribution >= 4 is 22.8 Å². The molecule has 1 aromatic heterocycles. The molecule has 2 heterocycles. The minimum Gasteiger partial charge on any atom is -0.335 e. The van der Waals surface area contributed by atoms with Crippen LogP contribution in [0.5, 0.6) is 0 Å². The van der Waals surface area contributed by atoms with Gasteiger partial charge in [-0.15, -0.1) is 11.3 Å². The van der Waals surface area contributed by atoms with Crippen LogP contribution in [0.4, 0.5) is 0 Å². The number of hydrogen-bond donors (Lipinski definition) is 0. The number of hydrogen-bond acceptors (Lipinski definition) is 5. The van der Waals surface area contributed by atoms with Gasteiger partial charge in [0.1, 0.15) is 5.01 Å². The zero-order chi connectivity index (χ0) is 30.6. The van der Waals surface area contributed by atoms with Gasteiger partial charge in [0.05, 0.1) is 11.7 Å². The van der Waals surface area contributed by atoms with Gasteiger partial charge in [-0.2, -0.15) is 0 Å². The molecule has 3 rings (SSSR count). The smallest absolute Gasteiger partial charge is 0.222 e. The summed E-state index contributed by atoms with van der Waals surface area (Å²) in [5, 5.41) is 3.20. The van der Waals surface area contributed by atoms with Gasteiger partial charge in [0.15, 0.2) is 0 Å². The largest absolute Gasteiger partial charge is 0.335 e. The molecule has 1 aromatic carbocycles. The van der Waals surface area contributed by atoms with E-state index in [9.17, 15) is 4.79 Å². The van der Waals surface area contributed by atoms with Crippen molar-refractivity contribution in [2.24, 2.45) is 0 Å². The van der Waals surface area contributed by atoms with E-state index in [2.05, 4.69) is 98.9 Å². The molecule has 0 bridgehead atoms. The number of nitrogens with zero attached hydrogens (tertiary/aromatic N) is 4. The third kappa shape index (κ3) is 12.9. The van der Waals surface area contributed by atoms with Crippen molar-refractivity contribution in [1.82, 2.24) is 19.7 Å². The monoisotopic (exact) mass is 580 g/mol. The summed E-state index contributed by atoms with van der Waals surface area (Å²) in [5.41, 5.74) is 4.65. The van der Waals surface area contributed by atoms with Crippen LogP contribution >= 0.6 is 11.3 Å². The lowest BCUT2D eigenvalue weighted by Crippen LogP contribution is -2.48. The first-order chi connectivity index (χ1) is 19.9. The van der Waals surface area contributed by atoms with Gasteiger partial charge in [0.2, 0.25) is 5.91 Å². The molecule has 5 nitrogen and oxygen atoms in total. The number of piperazine rings is 1. The molecule has 0 saturated carbocycles. The van der Waals surface area contributed by atoms with Gasteiger partial charge >= 0.3 is 0 Å². The highest BCUT2D eigenvalue weighted by Gasteiger charge is 2.23. The fraction of sp³-hybridized carbons (Fsp3) is 0.543. The predicted octanol–water partition coefficient (Wildman–Crippen LogP) is 8.55. The number of amides is 1. The van der Waals surface area contributed by atoms with Crippen LogP contribution in [0, 0.1) is 6.92 Å². The van der Waals surface area contributed by atoms with E-state index >= 15 is 0 Å². The Morgan fingerprint density at radius 2 is 1.68 bits per heavy atom. The number of aryl methyl sites for hydroxylation is 1. The summed E-state index contributed by atoms with van der Waals surface area (Å²) in [5.74, 6) is 0.221. The van der Waals surface area contributed by atoms with Gasteiger partial charge < -0.3 is 4.90 Å². The minimum absolute atomic E-state index is 0.0881. The van der Waals surface area contributed by atoms with E-state index in [1.165, 1.54) is 17.5 Å². The van der Waals surface area contributed by atoms with E-state index < -0.39 is 0 Å². The summed E-state index contributed by atoms with van der Waals surface area (Å²) < 4.78 is 0. The molecule has 1 fully saturated rings. The van der Waals surface area contributed by atoms with E-state index in [1.807, 2.05) is 31.7 Å². The molecule has 1 unspecified atom stereocenters. The zero-order valence-electron chi connectivity index (χ0n) is 27.2. The van der Waals surface area contributed by atoms with Crippen molar-refractivity contribution in [2.45, 2.75) is 87.2 Å². The lowest BCUT2D eigenvalue weighted by Gasteiger charge is -2.37. The molecule has 2 aromatic rings. The fourth-order valence-electron chi connectivity index (χ4n) is 4.46. The number of allylic oxidation sites excluding steroid dienone is 5. The molecule has 0 N–H and O–H groups in total. The molecule has 228 valence electrons. The Labute approximate surface area is 255 Å². The second-order valence-electron chi connectivity index (χ2n) is 10.2. The van der Waals surface area contributed by atoms with Gasteiger partial charge in [-0.1, -0.05) is 109 Å². The van der Waals surface area contributed by atoms with Crippen LogP contribution in [0.3, 0.4) is 0 Å². The van der Waals surface area contributed by atoms with Crippen molar-refractivity contribution in [2.75, 3.05) is 39.3 Å². The molecule has 6 heteroatoms. The van der Waals surface area contributed by atoms with Gasteiger partial charge in [0, 0.05) is 63.2 Å².